The minimum atomic E-state index is -0.846. The van der Waals surface area contributed by atoms with E-state index in [9.17, 15) is 14.4 Å². The van der Waals surface area contributed by atoms with Gasteiger partial charge in [-0.1, -0.05) is 47.3 Å². The van der Waals surface area contributed by atoms with E-state index in [4.69, 9.17) is 34.4 Å². The molecule has 1 N–H and O–H groups in total. The lowest BCUT2D eigenvalue weighted by atomic mass is 10.1. The predicted molar refractivity (Wildman–Crippen MR) is 106 cm³/mol. The van der Waals surface area contributed by atoms with Crippen molar-refractivity contribution in [3.05, 3.63) is 63.6 Å². The van der Waals surface area contributed by atoms with Crippen LogP contribution in [0.25, 0.3) is 6.08 Å². The van der Waals surface area contributed by atoms with Crippen molar-refractivity contribution in [3.8, 4) is 18.1 Å². The summed E-state index contributed by atoms with van der Waals surface area (Å²) >= 11 is 12.2. The summed E-state index contributed by atoms with van der Waals surface area (Å²) in [7, 11) is 0. The molecule has 140 valence electrons. The maximum atomic E-state index is 12.9. The van der Waals surface area contributed by atoms with Gasteiger partial charge in [-0.15, -0.1) is 6.42 Å². The Hall–Kier alpha value is -3.27. The number of nitrogens with one attached hydrogen (secondary N) is 1. The molecule has 0 atom stereocenters. The van der Waals surface area contributed by atoms with Crippen LogP contribution in [0.2, 0.25) is 10.0 Å². The molecule has 3 rings (SSSR count). The van der Waals surface area contributed by atoms with Gasteiger partial charge in [0.15, 0.2) is 0 Å². The van der Waals surface area contributed by atoms with E-state index in [1.54, 1.807) is 30.3 Å². The van der Waals surface area contributed by atoms with Gasteiger partial charge in [-0.2, -0.15) is 0 Å². The fourth-order valence-corrected chi connectivity index (χ4v) is 3.14. The van der Waals surface area contributed by atoms with Crippen LogP contribution in [-0.4, -0.2) is 24.5 Å². The Morgan fingerprint density at radius 1 is 1.14 bits per heavy atom. The number of anilines is 1. The average molecular weight is 415 g/mol. The van der Waals surface area contributed by atoms with E-state index in [1.165, 1.54) is 18.2 Å². The Morgan fingerprint density at radius 3 is 2.54 bits per heavy atom. The number of nitrogens with zero attached hydrogens (tertiary/aromatic N) is 1. The normalized spacial score (nSPS) is 15.4. The summed E-state index contributed by atoms with van der Waals surface area (Å²) in [6, 6.07) is 10.3. The van der Waals surface area contributed by atoms with Crippen molar-refractivity contribution in [1.29, 1.82) is 0 Å². The Balaban J connectivity index is 2.08. The fraction of sp³-hybridized carbons (Fsp3) is 0.0500. The maximum Gasteiger partial charge on any atom is 0.335 e. The second-order valence-electron chi connectivity index (χ2n) is 5.59. The second-order valence-corrected chi connectivity index (χ2v) is 6.44. The molecular formula is C20H12Cl2N2O4. The zero-order valence-corrected chi connectivity index (χ0v) is 15.8. The first kappa shape index (κ1) is 19.5. The fourth-order valence-electron chi connectivity index (χ4n) is 2.58. The minimum absolute atomic E-state index is 0.0771. The molecule has 4 amide bonds. The number of carbonyl (C=O) groups excluding carboxylic acids is 3. The molecule has 0 spiro atoms. The van der Waals surface area contributed by atoms with Crippen LogP contribution >= 0.6 is 23.2 Å². The van der Waals surface area contributed by atoms with E-state index < -0.39 is 17.8 Å². The first-order valence-corrected chi connectivity index (χ1v) is 8.69. The molecule has 0 aliphatic carbocycles. The third-order valence-corrected chi connectivity index (χ3v) is 4.25. The molecule has 1 aliphatic rings. The number of rotatable bonds is 4. The number of amides is 4. The number of hydrogen-bond acceptors (Lipinski definition) is 4. The smallest absolute Gasteiger partial charge is 0.335 e. The number of carbonyl (C=O) groups is 3. The summed E-state index contributed by atoms with van der Waals surface area (Å²) in [6.07, 6.45) is 6.46. The largest absolute Gasteiger partial charge is 0.479 e. The van der Waals surface area contributed by atoms with Gasteiger partial charge in [0.2, 0.25) is 0 Å². The van der Waals surface area contributed by atoms with Crippen LogP contribution in [0.3, 0.4) is 0 Å². The van der Waals surface area contributed by atoms with Crippen LogP contribution in [0.4, 0.5) is 10.5 Å². The van der Waals surface area contributed by atoms with Crippen molar-refractivity contribution in [2.75, 3.05) is 11.5 Å². The van der Waals surface area contributed by atoms with E-state index in [0.717, 1.165) is 4.90 Å². The first-order chi connectivity index (χ1) is 13.4. The van der Waals surface area contributed by atoms with Crippen LogP contribution in [0.1, 0.15) is 5.56 Å². The summed E-state index contributed by atoms with van der Waals surface area (Å²) in [4.78, 5) is 38.2. The van der Waals surface area contributed by atoms with E-state index in [-0.39, 0.29) is 33.5 Å². The highest BCUT2D eigenvalue weighted by atomic mass is 35.5. The zero-order valence-electron chi connectivity index (χ0n) is 14.2. The third kappa shape index (κ3) is 3.86. The molecule has 8 heteroatoms. The third-order valence-electron chi connectivity index (χ3n) is 3.75. The van der Waals surface area contributed by atoms with Crippen molar-refractivity contribution in [1.82, 2.24) is 5.32 Å². The van der Waals surface area contributed by atoms with Gasteiger partial charge in [0, 0.05) is 10.6 Å². The molecule has 0 radical (unpaired) electrons. The van der Waals surface area contributed by atoms with E-state index in [0.29, 0.717) is 5.69 Å². The van der Waals surface area contributed by atoms with Crippen molar-refractivity contribution in [3.63, 3.8) is 0 Å². The molecule has 1 heterocycles. The highest BCUT2D eigenvalue weighted by molar-refractivity contribution is 6.40. The molecule has 0 saturated carbocycles. The summed E-state index contributed by atoms with van der Waals surface area (Å²) in [5, 5.41) is 2.57. The quantitative estimate of drug-likeness (QED) is 0.470. The number of halogens is 2. The highest BCUT2D eigenvalue weighted by Crippen LogP contribution is 2.34. The van der Waals surface area contributed by atoms with Crippen molar-refractivity contribution < 1.29 is 19.1 Å². The number of hydrogen-bond donors (Lipinski definition) is 1. The lowest BCUT2D eigenvalue weighted by Gasteiger charge is -2.26. The number of urea groups is 1. The van der Waals surface area contributed by atoms with Gasteiger partial charge >= 0.3 is 6.03 Å². The summed E-state index contributed by atoms with van der Waals surface area (Å²) < 4.78 is 5.42. The molecular weight excluding hydrogens is 403 g/mol. The Kier molecular flexibility index (Phi) is 5.69. The topological polar surface area (TPSA) is 75.7 Å². The average Bonchev–Trinajstić information content (AvgIpc) is 2.65. The number of terminal acetylenes is 1. The molecule has 6 nitrogen and oxygen atoms in total. The molecule has 1 saturated heterocycles. The van der Waals surface area contributed by atoms with E-state index in [2.05, 4.69) is 11.2 Å². The van der Waals surface area contributed by atoms with Gasteiger partial charge in [-0.25, -0.2) is 9.69 Å². The highest BCUT2D eigenvalue weighted by Gasteiger charge is 2.37. The SMILES string of the molecule is C#CCOc1c(Cl)cc(Cl)cc1/C=C1\C(=O)NC(=O)N(c2ccccc2)C1=O. The molecule has 1 aliphatic heterocycles. The van der Waals surface area contributed by atoms with Crippen molar-refractivity contribution >= 4 is 52.8 Å². The van der Waals surface area contributed by atoms with Gasteiger partial charge in [0.25, 0.3) is 11.8 Å². The Bertz CT molecular complexity index is 1040. The van der Waals surface area contributed by atoms with Crippen molar-refractivity contribution in [2.24, 2.45) is 0 Å². The van der Waals surface area contributed by atoms with Gasteiger partial charge in [0.05, 0.1) is 10.7 Å². The predicted octanol–water partition coefficient (Wildman–Crippen LogP) is 3.67. The molecule has 28 heavy (non-hydrogen) atoms. The standard InChI is InChI=1S/C20H12Cl2N2O4/c1-2-8-28-17-12(9-13(21)11-16(17)22)10-15-18(25)23-20(27)24(19(15)26)14-6-4-3-5-7-14/h1,3-7,9-11H,8H2,(H,23,25,27)/b15-10+. The Morgan fingerprint density at radius 2 is 1.86 bits per heavy atom. The minimum Gasteiger partial charge on any atom is -0.479 e. The molecule has 2 aromatic carbocycles. The summed E-state index contributed by atoms with van der Waals surface area (Å²) in [5.74, 6) is 0.835. The van der Waals surface area contributed by atoms with Crippen molar-refractivity contribution in [2.45, 2.75) is 0 Å². The second kappa shape index (κ2) is 8.17. The molecule has 1 fully saturated rings. The summed E-state index contributed by atoms with van der Waals surface area (Å²) in [5.41, 5.74) is 0.303. The van der Waals surface area contributed by atoms with Gasteiger partial charge < -0.3 is 4.74 Å². The lowest BCUT2D eigenvalue weighted by Crippen LogP contribution is -2.54. The number of benzene rings is 2. The molecule has 0 aromatic heterocycles. The maximum absolute atomic E-state index is 12.9. The van der Waals surface area contributed by atoms with E-state index in [1.807, 2.05) is 0 Å². The number of ether oxygens (including phenoxy) is 1. The van der Waals surface area contributed by atoms with Crippen LogP contribution < -0.4 is 15.0 Å². The zero-order chi connectivity index (χ0) is 20.3. The van der Waals surface area contributed by atoms with Crippen LogP contribution in [-0.2, 0) is 9.59 Å². The number of barbiturate groups is 1. The monoisotopic (exact) mass is 414 g/mol. The molecule has 0 bridgehead atoms. The molecule has 2 aromatic rings. The van der Waals surface area contributed by atoms with Gasteiger partial charge in [-0.05, 0) is 30.3 Å². The number of imide groups is 2. The van der Waals surface area contributed by atoms with Crippen LogP contribution in [0.5, 0.6) is 5.75 Å². The van der Waals surface area contributed by atoms with Gasteiger partial charge in [0.1, 0.15) is 17.9 Å². The first-order valence-electron chi connectivity index (χ1n) is 7.94. The summed E-state index contributed by atoms with van der Waals surface area (Å²) in [6.45, 7) is -0.0771. The lowest BCUT2D eigenvalue weighted by molar-refractivity contribution is -0.122. The van der Waals surface area contributed by atoms with Crippen LogP contribution in [0, 0.1) is 12.3 Å². The van der Waals surface area contributed by atoms with Gasteiger partial charge in [-0.3, -0.25) is 14.9 Å². The molecule has 0 unspecified atom stereocenters. The van der Waals surface area contributed by atoms with Crippen LogP contribution in [0.15, 0.2) is 48.0 Å². The number of para-hydroxylation sites is 1. The van der Waals surface area contributed by atoms with E-state index >= 15 is 0 Å². The Labute approximate surface area is 170 Å².